The van der Waals surface area contributed by atoms with Crippen molar-refractivity contribution < 1.29 is 0 Å². The third-order valence-electron chi connectivity index (χ3n) is 2.40. The van der Waals surface area contributed by atoms with Crippen molar-refractivity contribution in [2.45, 2.75) is 19.9 Å². The molecule has 1 N–H and O–H groups in total. The average Bonchev–Trinajstić information content (AvgIpc) is 2.56. The van der Waals surface area contributed by atoms with Crippen LogP contribution in [0.2, 0.25) is 5.15 Å². The van der Waals surface area contributed by atoms with E-state index in [2.05, 4.69) is 23.3 Å². The van der Waals surface area contributed by atoms with E-state index >= 15 is 0 Å². The van der Waals surface area contributed by atoms with Gasteiger partial charge < -0.3 is 5.32 Å². The normalized spacial score (nSPS) is 11.1. The number of hydrogen-bond acceptors (Lipinski definition) is 2. The van der Waals surface area contributed by atoms with Crippen LogP contribution in [0.1, 0.15) is 18.2 Å². The average molecular weight is 224 g/mol. The Bertz CT molecular complexity index is 476. The van der Waals surface area contributed by atoms with E-state index in [1.165, 1.54) is 5.56 Å². The molecule has 15 heavy (non-hydrogen) atoms. The number of nitrogens with one attached hydrogen (secondary N) is 1. The van der Waals surface area contributed by atoms with Gasteiger partial charge in [0.1, 0.15) is 10.8 Å². The number of pyridine rings is 1. The summed E-state index contributed by atoms with van der Waals surface area (Å²) in [4.78, 5) is 4.44. The fraction of sp³-hybridized carbons (Fsp3) is 0.364. The van der Waals surface area contributed by atoms with Gasteiger partial charge in [-0.1, -0.05) is 24.6 Å². The third-order valence-corrected chi connectivity index (χ3v) is 2.80. The van der Waals surface area contributed by atoms with Gasteiger partial charge in [-0.05, 0) is 25.1 Å². The van der Waals surface area contributed by atoms with Crippen molar-refractivity contribution in [3.8, 4) is 0 Å². The molecule has 0 aromatic carbocycles. The smallest absolute Gasteiger partial charge is 0.138 e. The standard InChI is InChI=1S/C11H14ClN3/c1-3-9-11(12)15-7-8(6-13-2)4-5-10(15)14-9/h4-5,7,13H,3,6H2,1-2H3. The zero-order valence-electron chi connectivity index (χ0n) is 8.92. The van der Waals surface area contributed by atoms with Crippen molar-refractivity contribution in [2.24, 2.45) is 0 Å². The minimum atomic E-state index is 0.727. The number of aromatic nitrogens is 2. The van der Waals surface area contributed by atoms with Gasteiger partial charge in [0, 0.05) is 12.7 Å². The predicted octanol–water partition coefficient (Wildman–Crippen LogP) is 2.27. The summed E-state index contributed by atoms with van der Waals surface area (Å²) in [5.74, 6) is 0. The molecule has 0 amide bonds. The lowest BCUT2D eigenvalue weighted by molar-refractivity contribution is 0.811. The van der Waals surface area contributed by atoms with Crippen LogP contribution >= 0.6 is 11.6 Å². The summed E-state index contributed by atoms with van der Waals surface area (Å²) in [5.41, 5.74) is 3.07. The van der Waals surface area contributed by atoms with Crippen LogP contribution in [0.5, 0.6) is 0 Å². The topological polar surface area (TPSA) is 29.3 Å². The highest BCUT2D eigenvalue weighted by Gasteiger charge is 2.08. The number of hydrogen-bond donors (Lipinski definition) is 1. The molecule has 0 bridgehead atoms. The van der Waals surface area contributed by atoms with E-state index in [1.807, 2.05) is 23.7 Å². The second-order valence-corrected chi connectivity index (χ2v) is 3.86. The molecule has 0 fully saturated rings. The molecule has 80 valence electrons. The van der Waals surface area contributed by atoms with E-state index in [0.717, 1.165) is 29.5 Å². The van der Waals surface area contributed by atoms with Gasteiger partial charge in [-0.2, -0.15) is 0 Å². The van der Waals surface area contributed by atoms with Gasteiger partial charge in [0.2, 0.25) is 0 Å². The number of aryl methyl sites for hydroxylation is 1. The molecule has 0 aliphatic rings. The molecule has 2 aromatic rings. The Morgan fingerprint density at radius 3 is 2.93 bits per heavy atom. The van der Waals surface area contributed by atoms with Gasteiger partial charge in [0.05, 0.1) is 5.69 Å². The van der Waals surface area contributed by atoms with E-state index in [4.69, 9.17) is 11.6 Å². The molecule has 2 heterocycles. The third kappa shape index (κ3) is 1.85. The molecule has 3 nitrogen and oxygen atoms in total. The van der Waals surface area contributed by atoms with Gasteiger partial charge in [-0.15, -0.1) is 0 Å². The molecule has 0 unspecified atom stereocenters. The Hall–Kier alpha value is -1.06. The summed E-state index contributed by atoms with van der Waals surface area (Å²) in [6.45, 7) is 2.90. The Morgan fingerprint density at radius 2 is 2.27 bits per heavy atom. The Kier molecular flexibility index (Phi) is 2.93. The molecule has 4 heteroatoms. The van der Waals surface area contributed by atoms with E-state index < -0.39 is 0 Å². The first-order chi connectivity index (χ1) is 7.26. The highest BCUT2D eigenvalue weighted by molar-refractivity contribution is 6.30. The summed E-state index contributed by atoms with van der Waals surface area (Å²) in [6, 6.07) is 4.06. The number of fused-ring (bicyclic) bond motifs is 1. The van der Waals surface area contributed by atoms with Crippen molar-refractivity contribution in [2.75, 3.05) is 7.05 Å². The lowest BCUT2D eigenvalue weighted by atomic mass is 10.3. The summed E-state index contributed by atoms with van der Waals surface area (Å²) >= 11 is 6.21. The molecule has 2 rings (SSSR count). The number of imidazole rings is 1. The number of rotatable bonds is 3. The van der Waals surface area contributed by atoms with Crippen LogP contribution in [-0.4, -0.2) is 16.4 Å². The van der Waals surface area contributed by atoms with Gasteiger partial charge >= 0.3 is 0 Å². The Labute approximate surface area is 94.1 Å². The number of nitrogens with zero attached hydrogens (tertiary/aromatic N) is 2. The monoisotopic (exact) mass is 223 g/mol. The fourth-order valence-electron chi connectivity index (χ4n) is 1.64. The summed E-state index contributed by atoms with van der Waals surface area (Å²) in [5, 5.41) is 3.84. The predicted molar refractivity (Wildman–Crippen MR) is 62.3 cm³/mol. The van der Waals surface area contributed by atoms with Gasteiger partial charge in [-0.25, -0.2) is 4.98 Å². The maximum atomic E-state index is 6.21. The molecule has 0 radical (unpaired) electrons. The molecular formula is C11H14ClN3. The molecule has 0 atom stereocenters. The zero-order valence-corrected chi connectivity index (χ0v) is 9.67. The van der Waals surface area contributed by atoms with Crippen LogP contribution in [0.4, 0.5) is 0 Å². The quantitative estimate of drug-likeness (QED) is 0.865. The maximum Gasteiger partial charge on any atom is 0.138 e. The Balaban J connectivity index is 2.54. The second kappa shape index (κ2) is 4.21. The van der Waals surface area contributed by atoms with E-state index in [0.29, 0.717) is 0 Å². The molecular weight excluding hydrogens is 210 g/mol. The summed E-state index contributed by atoms with van der Waals surface area (Å²) < 4.78 is 1.94. The molecule has 0 aliphatic heterocycles. The van der Waals surface area contributed by atoms with Crippen molar-refractivity contribution >= 4 is 17.2 Å². The van der Waals surface area contributed by atoms with Gasteiger partial charge in [0.25, 0.3) is 0 Å². The maximum absolute atomic E-state index is 6.21. The molecule has 2 aromatic heterocycles. The highest BCUT2D eigenvalue weighted by Crippen LogP contribution is 2.19. The minimum Gasteiger partial charge on any atom is -0.316 e. The first-order valence-electron chi connectivity index (χ1n) is 5.06. The van der Waals surface area contributed by atoms with Crippen molar-refractivity contribution in [1.29, 1.82) is 0 Å². The molecule has 0 saturated carbocycles. The number of halogens is 1. The molecule has 0 spiro atoms. The van der Waals surface area contributed by atoms with E-state index in [1.54, 1.807) is 0 Å². The first kappa shape index (κ1) is 10.5. The van der Waals surface area contributed by atoms with Crippen LogP contribution in [0.25, 0.3) is 5.65 Å². The van der Waals surface area contributed by atoms with Crippen LogP contribution in [0.3, 0.4) is 0 Å². The van der Waals surface area contributed by atoms with Crippen LogP contribution < -0.4 is 5.32 Å². The van der Waals surface area contributed by atoms with Crippen LogP contribution in [0, 0.1) is 0 Å². The largest absolute Gasteiger partial charge is 0.316 e. The lowest BCUT2D eigenvalue weighted by Gasteiger charge is -2.01. The second-order valence-electron chi connectivity index (χ2n) is 3.50. The SMILES string of the molecule is CCc1nc2ccc(CNC)cn2c1Cl. The van der Waals surface area contributed by atoms with Gasteiger partial charge in [-0.3, -0.25) is 4.40 Å². The highest BCUT2D eigenvalue weighted by atomic mass is 35.5. The summed E-state index contributed by atoms with van der Waals surface area (Å²) in [7, 11) is 1.93. The van der Waals surface area contributed by atoms with Crippen molar-refractivity contribution in [3.05, 3.63) is 34.7 Å². The first-order valence-corrected chi connectivity index (χ1v) is 5.44. The summed E-state index contributed by atoms with van der Waals surface area (Å²) in [6.07, 6.45) is 2.89. The van der Waals surface area contributed by atoms with E-state index in [9.17, 15) is 0 Å². The minimum absolute atomic E-state index is 0.727. The van der Waals surface area contributed by atoms with Crippen molar-refractivity contribution in [1.82, 2.24) is 14.7 Å². The van der Waals surface area contributed by atoms with E-state index in [-0.39, 0.29) is 0 Å². The van der Waals surface area contributed by atoms with Gasteiger partial charge in [0.15, 0.2) is 0 Å². The van der Waals surface area contributed by atoms with Crippen molar-refractivity contribution in [3.63, 3.8) is 0 Å². The fourth-order valence-corrected chi connectivity index (χ4v) is 1.95. The van der Waals surface area contributed by atoms with Crippen LogP contribution in [0.15, 0.2) is 18.3 Å². The molecule has 0 aliphatic carbocycles. The molecule has 0 saturated heterocycles. The Morgan fingerprint density at radius 1 is 1.47 bits per heavy atom. The lowest BCUT2D eigenvalue weighted by Crippen LogP contribution is -2.05. The zero-order chi connectivity index (χ0) is 10.8. The van der Waals surface area contributed by atoms with Crippen LogP contribution in [-0.2, 0) is 13.0 Å².